The Balaban J connectivity index is 1.83. The van der Waals surface area contributed by atoms with Crippen LogP contribution in [0.25, 0.3) is 17.2 Å². The lowest BCUT2D eigenvalue weighted by Gasteiger charge is -2.36. The van der Waals surface area contributed by atoms with Crippen molar-refractivity contribution in [3.63, 3.8) is 0 Å². The van der Waals surface area contributed by atoms with Gasteiger partial charge in [-0.15, -0.1) is 0 Å². The number of carbonyl (C=O) groups excluding carboxylic acids is 1. The van der Waals surface area contributed by atoms with Crippen LogP contribution in [0.5, 0.6) is 5.75 Å². The Morgan fingerprint density at radius 2 is 1.33 bits per heavy atom. The van der Waals surface area contributed by atoms with Crippen molar-refractivity contribution < 1.29 is 9.53 Å². The van der Waals surface area contributed by atoms with E-state index in [2.05, 4.69) is 54.6 Å². The number of ether oxygens (including phenoxy) is 1. The summed E-state index contributed by atoms with van der Waals surface area (Å²) in [5.41, 5.74) is 7.44. The molecule has 4 aromatic rings. The number of methoxy groups -OCH3 is 1. The molecule has 0 aliphatic heterocycles. The molecule has 0 saturated heterocycles. The summed E-state index contributed by atoms with van der Waals surface area (Å²) in [6.45, 7) is 0. The molecule has 1 atom stereocenters. The van der Waals surface area contributed by atoms with Gasteiger partial charge in [-0.05, 0) is 62.7 Å². The minimum atomic E-state index is -0.943. The third kappa shape index (κ3) is 2.71. The molecule has 0 N–H and O–H groups in total. The van der Waals surface area contributed by atoms with Crippen molar-refractivity contribution in [2.75, 3.05) is 7.11 Å². The normalized spacial score (nSPS) is 18.4. The maximum absolute atomic E-state index is 14.1. The number of hydrogen-bond donors (Lipinski definition) is 0. The zero-order valence-electron chi connectivity index (χ0n) is 18.3. The lowest BCUT2D eigenvalue weighted by atomic mass is 9.63. The standard InChI is InChI=1S/C31H22O2/c1-33-24-17-18-25-27(20-24)31(26-15-9-8-10-21(26)16-19-28(31)32)30(23-13-6-3-7-14-23)29(25)22-11-4-2-5-12-22/h2-20H,1H3. The molecule has 0 fully saturated rings. The molecule has 1 unspecified atom stereocenters. The molecular formula is C31H22O2. The van der Waals surface area contributed by atoms with Crippen LogP contribution in [0.15, 0.2) is 109 Å². The molecule has 1 spiro atoms. The largest absolute Gasteiger partial charge is 0.497 e. The van der Waals surface area contributed by atoms with Gasteiger partial charge in [0.25, 0.3) is 0 Å². The van der Waals surface area contributed by atoms with Crippen molar-refractivity contribution in [1.29, 1.82) is 0 Å². The van der Waals surface area contributed by atoms with Crippen LogP contribution in [-0.4, -0.2) is 12.9 Å². The Bertz CT molecular complexity index is 1450. The first-order valence-electron chi connectivity index (χ1n) is 11.1. The lowest BCUT2D eigenvalue weighted by molar-refractivity contribution is -0.116. The first kappa shape index (κ1) is 19.5. The molecule has 2 aliphatic rings. The number of rotatable bonds is 3. The number of carbonyl (C=O) groups is 1. The fourth-order valence-electron chi connectivity index (χ4n) is 5.45. The van der Waals surface area contributed by atoms with E-state index in [1.165, 1.54) is 0 Å². The summed E-state index contributed by atoms with van der Waals surface area (Å²) < 4.78 is 5.63. The van der Waals surface area contributed by atoms with E-state index in [4.69, 9.17) is 4.74 Å². The molecule has 158 valence electrons. The molecule has 2 heteroatoms. The molecule has 0 radical (unpaired) electrons. The van der Waals surface area contributed by atoms with E-state index in [0.29, 0.717) is 0 Å². The monoisotopic (exact) mass is 426 g/mol. The maximum atomic E-state index is 14.1. The van der Waals surface area contributed by atoms with E-state index in [1.54, 1.807) is 13.2 Å². The Labute approximate surface area is 193 Å². The van der Waals surface area contributed by atoms with Crippen molar-refractivity contribution in [1.82, 2.24) is 0 Å². The molecule has 2 aliphatic carbocycles. The minimum absolute atomic E-state index is 0.0699. The summed E-state index contributed by atoms with van der Waals surface area (Å²) in [5.74, 6) is 0.815. The third-order valence-corrected chi connectivity index (χ3v) is 6.80. The van der Waals surface area contributed by atoms with Crippen LogP contribution in [0.4, 0.5) is 0 Å². The van der Waals surface area contributed by atoms with Gasteiger partial charge in [0, 0.05) is 0 Å². The molecule has 6 rings (SSSR count). The quantitative estimate of drug-likeness (QED) is 0.371. The van der Waals surface area contributed by atoms with E-state index in [1.807, 2.05) is 54.6 Å². The molecule has 0 heterocycles. The first-order valence-corrected chi connectivity index (χ1v) is 11.1. The fourth-order valence-corrected chi connectivity index (χ4v) is 5.45. The van der Waals surface area contributed by atoms with E-state index < -0.39 is 5.41 Å². The van der Waals surface area contributed by atoms with Crippen LogP contribution >= 0.6 is 0 Å². The van der Waals surface area contributed by atoms with Gasteiger partial charge in [-0.2, -0.15) is 0 Å². The van der Waals surface area contributed by atoms with Crippen molar-refractivity contribution in [2.24, 2.45) is 0 Å². The van der Waals surface area contributed by atoms with Crippen molar-refractivity contribution in [3.8, 4) is 5.75 Å². The smallest absolute Gasteiger partial charge is 0.175 e. The molecule has 0 bridgehead atoms. The Morgan fingerprint density at radius 1 is 0.667 bits per heavy atom. The second kappa shape index (κ2) is 7.46. The molecule has 33 heavy (non-hydrogen) atoms. The third-order valence-electron chi connectivity index (χ3n) is 6.80. The highest BCUT2D eigenvalue weighted by atomic mass is 16.5. The summed E-state index contributed by atoms with van der Waals surface area (Å²) in [4.78, 5) is 14.1. The average Bonchev–Trinajstić information content (AvgIpc) is 3.18. The fraction of sp³-hybridized carbons (Fsp3) is 0.0645. The van der Waals surface area contributed by atoms with Gasteiger partial charge in [0.15, 0.2) is 5.78 Å². The van der Waals surface area contributed by atoms with Crippen molar-refractivity contribution >= 4 is 23.0 Å². The summed E-state index contributed by atoms with van der Waals surface area (Å²) in [5, 5.41) is 0. The number of hydrogen-bond acceptors (Lipinski definition) is 2. The van der Waals surface area contributed by atoms with Crippen LogP contribution < -0.4 is 4.74 Å². The zero-order chi connectivity index (χ0) is 22.4. The summed E-state index contributed by atoms with van der Waals surface area (Å²) >= 11 is 0. The number of allylic oxidation sites excluding steroid dienone is 2. The van der Waals surface area contributed by atoms with Gasteiger partial charge in [0.05, 0.1) is 7.11 Å². The van der Waals surface area contributed by atoms with E-state index in [0.717, 1.165) is 50.3 Å². The topological polar surface area (TPSA) is 26.3 Å². The van der Waals surface area contributed by atoms with Gasteiger partial charge >= 0.3 is 0 Å². The van der Waals surface area contributed by atoms with Gasteiger partial charge in [-0.1, -0.05) is 97.1 Å². The molecule has 4 aromatic carbocycles. The predicted octanol–water partition coefficient (Wildman–Crippen LogP) is 6.55. The minimum Gasteiger partial charge on any atom is -0.497 e. The Morgan fingerprint density at radius 3 is 2.06 bits per heavy atom. The van der Waals surface area contributed by atoms with Gasteiger partial charge in [0.2, 0.25) is 0 Å². The Hall–Kier alpha value is -4.17. The highest BCUT2D eigenvalue weighted by molar-refractivity contribution is 6.24. The van der Waals surface area contributed by atoms with Crippen LogP contribution in [0.3, 0.4) is 0 Å². The van der Waals surface area contributed by atoms with E-state index in [-0.39, 0.29) is 5.78 Å². The highest BCUT2D eigenvalue weighted by Gasteiger charge is 2.53. The zero-order valence-corrected chi connectivity index (χ0v) is 18.3. The van der Waals surface area contributed by atoms with Crippen LogP contribution in [0, 0.1) is 0 Å². The molecule has 0 aromatic heterocycles. The molecule has 0 amide bonds. The van der Waals surface area contributed by atoms with E-state index >= 15 is 0 Å². The van der Waals surface area contributed by atoms with E-state index in [9.17, 15) is 4.79 Å². The van der Waals surface area contributed by atoms with Crippen LogP contribution in [0.2, 0.25) is 0 Å². The summed E-state index contributed by atoms with van der Waals surface area (Å²) in [6.07, 6.45) is 3.67. The van der Waals surface area contributed by atoms with Gasteiger partial charge in [-0.3, -0.25) is 4.79 Å². The first-order chi connectivity index (χ1) is 16.2. The lowest BCUT2D eigenvalue weighted by Crippen LogP contribution is -2.38. The number of fused-ring (bicyclic) bond motifs is 4. The van der Waals surface area contributed by atoms with Crippen molar-refractivity contribution in [2.45, 2.75) is 5.41 Å². The van der Waals surface area contributed by atoms with Crippen LogP contribution in [-0.2, 0) is 10.2 Å². The second-order valence-corrected chi connectivity index (χ2v) is 8.43. The average molecular weight is 427 g/mol. The highest BCUT2D eigenvalue weighted by Crippen LogP contribution is 2.59. The maximum Gasteiger partial charge on any atom is 0.175 e. The van der Waals surface area contributed by atoms with Gasteiger partial charge in [0.1, 0.15) is 11.2 Å². The van der Waals surface area contributed by atoms with Crippen molar-refractivity contribution in [3.05, 3.63) is 143 Å². The van der Waals surface area contributed by atoms with Gasteiger partial charge < -0.3 is 4.74 Å². The predicted molar refractivity (Wildman–Crippen MR) is 133 cm³/mol. The second-order valence-electron chi connectivity index (χ2n) is 8.43. The molecular weight excluding hydrogens is 404 g/mol. The molecule has 0 saturated carbocycles. The summed E-state index contributed by atoms with van der Waals surface area (Å²) in [7, 11) is 1.67. The Kier molecular flexibility index (Phi) is 4.41. The summed E-state index contributed by atoms with van der Waals surface area (Å²) in [6, 6.07) is 35.0. The number of benzene rings is 4. The number of ketones is 1. The molecule has 2 nitrogen and oxygen atoms in total. The van der Waals surface area contributed by atoms with Gasteiger partial charge in [-0.25, -0.2) is 0 Å². The van der Waals surface area contributed by atoms with Crippen LogP contribution in [0.1, 0.15) is 33.4 Å². The SMILES string of the molecule is COc1ccc2c(c1)C1(C(=O)C=Cc3ccccc31)C(c1ccccc1)=C2c1ccccc1.